The standard InChI is InChI=1S/C24H21F/c1-3-4-20-10-16-23(24(25)17-20)15-9-19-7-13-22(14-8-19)21-11-5-18(2)6-12-21/h5-8,10-14,16-17H,3-4H2,1-2H3. The molecular weight excluding hydrogens is 307 g/mol. The lowest BCUT2D eigenvalue weighted by atomic mass is 10.0. The second-order valence-electron chi connectivity index (χ2n) is 6.26. The minimum Gasteiger partial charge on any atom is -0.206 e. The molecule has 0 nitrogen and oxygen atoms in total. The largest absolute Gasteiger partial charge is 0.206 e. The molecule has 0 saturated carbocycles. The Morgan fingerprint density at radius 3 is 2.04 bits per heavy atom. The van der Waals surface area contributed by atoms with Crippen molar-refractivity contribution in [1.29, 1.82) is 0 Å². The Bertz CT molecular complexity index is 907. The van der Waals surface area contributed by atoms with Crippen molar-refractivity contribution in [2.75, 3.05) is 0 Å². The lowest BCUT2D eigenvalue weighted by molar-refractivity contribution is 0.621. The fraction of sp³-hybridized carbons (Fsp3) is 0.167. The van der Waals surface area contributed by atoms with Gasteiger partial charge in [0.05, 0.1) is 5.56 Å². The van der Waals surface area contributed by atoms with E-state index in [9.17, 15) is 4.39 Å². The summed E-state index contributed by atoms with van der Waals surface area (Å²) >= 11 is 0. The van der Waals surface area contributed by atoms with Crippen LogP contribution in [0.15, 0.2) is 66.7 Å². The quantitative estimate of drug-likeness (QED) is 0.506. The SMILES string of the molecule is CCCc1ccc(C#Cc2ccc(-c3ccc(C)cc3)cc2)c(F)c1. The summed E-state index contributed by atoms with van der Waals surface area (Å²) in [6.07, 6.45) is 1.91. The molecule has 0 aliphatic carbocycles. The van der Waals surface area contributed by atoms with Crippen LogP contribution >= 0.6 is 0 Å². The van der Waals surface area contributed by atoms with Crippen LogP contribution in [0.4, 0.5) is 4.39 Å². The Labute approximate surface area is 149 Å². The summed E-state index contributed by atoms with van der Waals surface area (Å²) in [5.41, 5.74) is 5.94. The van der Waals surface area contributed by atoms with Crippen molar-refractivity contribution in [3.63, 3.8) is 0 Å². The summed E-state index contributed by atoms with van der Waals surface area (Å²) in [4.78, 5) is 0. The molecule has 1 heteroatoms. The fourth-order valence-electron chi connectivity index (χ4n) is 2.74. The highest BCUT2D eigenvalue weighted by atomic mass is 19.1. The highest BCUT2D eigenvalue weighted by Gasteiger charge is 2.01. The van der Waals surface area contributed by atoms with Gasteiger partial charge in [0.15, 0.2) is 0 Å². The molecule has 0 atom stereocenters. The van der Waals surface area contributed by atoms with E-state index in [1.165, 1.54) is 11.1 Å². The van der Waals surface area contributed by atoms with Crippen molar-refractivity contribution in [1.82, 2.24) is 0 Å². The summed E-state index contributed by atoms with van der Waals surface area (Å²) in [6.45, 7) is 4.17. The van der Waals surface area contributed by atoms with Gasteiger partial charge in [0, 0.05) is 5.56 Å². The van der Waals surface area contributed by atoms with Gasteiger partial charge in [0.25, 0.3) is 0 Å². The fourth-order valence-corrected chi connectivity index (χ4v) is 2.74. The molecule has 3 aromatic carbocycles. The molecular formula is C24H21F. The van der Waals surface area contributed by atoms with Crippen molar-refractivity contribution in [2.24, 2.45) is 0 Å². The van der Waals surface area contributed by atoms with E-state index in [4.69, 9.17) is 0 Å². The average molecular weight is 328 g/mol. The van der Waals surface area contributed by atoms with Crippen LogP contribution in [0.2, 0.25) is 0 Å². The minimum atomic E-state index is -0.241. The second kappa shape index (κ2) is 7.81. The van der Waals surface area contributed by atoms with Gasteiger partial charge < -0.3 is 0 Å². The molecule has 0 amide bonds. The molecule has 0 saturated heterocycles. The maximum atomic E-state index is 14.1. The van der Waals surface area contributed by atoms with E-state index in [1.54, 1.807) is 12.1 Å². The van der Waals surface area contributed by atoms with Gasteiger partial charge in [-0.1, -0.05) is 73.2 Å². The monoisotopic (exact) mass is 328 g/mol. The van der Waals surface area contributed by atoms with Crippen molar-refractivity contribution in [3.8, 4) is 23.0 Å². The third kappa shape index (κ3) is 4.37. The first-order valence-corrected chi connectivity index (χ1v) is 8.63. The minimum absolute atomic E-state index is 0.241. The first-order chi connectivity index (χ1) is 12.2. The van der Waals surface area contributed by atoms with E-state index in [-0.39, 0.29) is 5.82 Å². The van der Waals surface area contributed by atoms with Gasteiger partial charge in [0.2, 0.25) is 0 Å². The average Bonchev–Trinajstić information content (AvgIpc) is 2.62. The number of rotatable bonds is 3. The van der Waals surface area contributed by atoms with Gasteiger partial charge in [-0.15, -0.1) is 0 Å². The van der Waals surface area contributed by atoms with Gasteiger partial charge >= 0.3 is 0 Å². The molecule has 0 radical (unpaired) electrons. The maximum Gasteiger partial charge on any atom is 0.139 e. The predicted octanol–water partition coefficient (Wildman–Crippen LogP) is 6.15. The van der Waals surface area contributed by atoms with Crippen LogP contribution in [0.25, 0.3) is 11.1 Å². The van der Waals surface area contributed by atoms with Crippen LogP contribution in [0.3, 0.4) is 0 Å². The van der Waals surface area contributed by atoms with E-state index in [0.29, 0.717) is 5.56 Å². The first kappa shape index (κ1) is 17.0. The van der Waals surface area contributed by atoms with Crippen LogP contribution in [-0.4, -0.2) is 0 Å². The molecule has 0 aromatic heterocycles. The van der Waals surface area contributed by atoms with Crippen molar-refractivity contribution in [2.45, 2.75) is 26.7 Å². The van der Waals surface area contributed by atoms with Crippen molar-refractivity contribution < 1.29 is 4.39 Å². The molecule has 124 valence electrons. The molecule has 0 fully saturated rings. The van der Waals surface area contributed by atoms with Crippen LogP contribution in [-0.2, 0) is 6.42 Å². The maximum absolute atomic E-state index is 14.1. The Hall–Kier alpha value is -2.85. The third-order valence-electron chi connectivity index (χ3n) is 4.18. The Balaban J connectivity index is 1.78. The second-order valence-corrected chi connectivity index (χ2v) is 6.26. The zero-order valence-electron chi connectivity index (χ0n) is 14.6. The molecule has 0 bridgehead atoms. The number of hydrogen-bond donors (Lipinski definition) is 0. The molecule has 0 heterocycles. The van der Waals surface area contributed by atoms with Gasteiger partial charge in [0.1, 0.15) is 5.82 Å². The third-order valence-corrected chi connectivity index (χ3v) is 4.18. The summed E-state index contributed by atoms with van der Waals surface area (Å²) in [6, 6.07) is 21.8. The molecule has 0 N–H and O–H groups in total. The lowest BCUT2D eigenvalue weighted by Gasteiger charge is -2.02. The Kier molecular flexibility index (Phi) is 5.31. The van der Waals surface area contributed by atoms with E-state index < -0.39 is 0 Å². The number of aryl methyl sites for hydroxylation is 2. The van der Waals surface area contributed by atoms with Crippen molar-refractivity contribution >= 4 is 0 Å². The number of benzene rings is 3. The summed E-state index contributed by atoms with van der Waals surface area (Å²) < 4.78 is 14.1. The zero-order chi connectivity index (χ0) is 17.6. The van der Waals surface area contributed by atoms with Crippen LogP contribution in [0.1, 0.15) is 35.6 Å². The molecule has 0 aliphatic heterocycles. The highest BCUT2D eigenvalue weighted by molar-refractivity contribution is 5.64. The Morgan fingerprint density at radius 1 is 0.800 bits per heavy atom. The van der Waals surface area contributed by atoms with Crippen LogP contribution in [0, 0.1) is 24.6 Å². The zero-order valence-corrected chi connectivity index (χ0v) is 14.6. The number of hydrogen-bond acceptors (Lipinski definition) is 0. The molecule has 3 aromatic rings. The molecule has 0 spiro atoms. The predicted molar refractivity (Wildman–Crippen MR) is 103 cm³/mol. The summed E-state index contributed by atoms with van der Waals surface area (Å²) in [7, 11) is 0. The van der Waals surface area contributed by atoms with E-state index in [1.807, 2.05) is 18.2 Å². The van der Waals surface area contributed by atoms with Gasteiger partial charge in [-0.25, -0.2) is 4.39 Å². The normalized spacial score (nSPS) is 10.2. The van der Waals surface area contributed by atoms with Gasteiger partial charge in [-0.2, -0.15) is 0 Å². The smallest absolute Gasteiger partial charge is 0.139 e. The highest BCUT2D eigenvalue weighted by Crippen LogP contribution is 2.20. The van der Waals surface area contributed by atoms with E-state index >= 15 is 0 Å². The van der Waals surface area contributed by atoms with Crippen LogP contribution < -0.4 is 0 Å². The van der Waals surface area contributed by atoms with Crippen LogP contribution in [0.5, 0.6) is 0 Å². The molecule has 0 unspecified atom stereocenters. The molecule has 25 heavy (non-hydrogen) atoms. The molecule has 0 aliphatic rings. The van der Waals surface area contributed by atoms with Crippen molar-refractivity contribution in [3.05, 3.63) is 94.8 Å². The molecule has 3 rings (SSSR count). The number of halogens is 1. The Morgan fingerprint density at radius 2 is 1.44 bits per heavy atom. The topological polar surface area (TPSA) is 0 Å². The summed E-state index contributed by atoms with van der Waals surface area (Å²) in [5, 5.41) is 0. The first-order valence-electron chi connectivity index (χ1n) is 8.63. The van der Waals surface area contributed by atoms with E-state index in [2.05, 4.69) is 62.1 Å². The van der Waals surface area contributed by atoms with E-state index in [0.717, 1.165) is 29.5 Å². The van der Waals surface area contributed by atoms with Gasteiger partial charge in [-0.05, 0) is 54.3 Å². The summed E-state index contributed by atoms with van der Waals surface area (Å²) in [5.74, 6) is 5.75. The lowest BCUT2D eigenvalue weighted by Crippen LogP contribution is -1.89. The van der Waals surface area contributed by atoms with Gasteiger partial charge in [-0.3, -0.25) is 0 Å².